The molecule has 0 spiro atoms. The van der Waals surface area contributed by atoms with Crippen LogP contribution in [0.5, 0.6) is 0 Å². The zero-order valence-electron chi connectivity index (χ0n) is 7.73. The van der Waals surface area contributed by atoms with Gasteiger partial charge in [0.05, 0.1) is 0 Å². The zero-order valence-corrected chi connectivity index (χ0v) is 7.73. The fourth-order valence-electron chi connectivity index (χ4n) is 0.488. The monoisotopic (exact) mass is 155 g/mol. The van der Waals surface area contributed by atoms with Crippen LogP contribution in [0, 0.1) is 16.9 Å². The van der Waals surface area contributed by atoms with Crippen LogP contribution in [-0.2, 0) is 0 Å². The highest BCUT2D eigenvalue weighted by Crippen LogP contribution is 2.26. The van der Waals surface area contributed by atoms with E-state index in [1.165, 1.54) is 0 Å². The Labute approximate surface area is 68.6 Å². The Kier molecular flexibility index (Phi) is 2.89. The van der Waals surface area contributed by atoms with Crippen molar-refractivity contribution in [1.82, 2.24) is 5.32 Å². The van der Waals surface area contributed by atoms with E-state index in [2.05, 4.69) is 5.32 Å². The Morgan fingerprint density at radius 1 is 1.36 bits per heavy atom. The minimum Gasteiger partial charge on any atom is -0.325 e. The molecule has 0 aromatic heterocycles. The minimum atomic E-state index is -0.267. The summed E-state index contributed by atoms with van der Waals surface area (Å²) in [5, 5.41) is 10.9. The molecule has 0 heterocycles. The van der Waals surface area contributed by atoms with Gasteiger partial charge in [-0.2, -0.15) is 5.26 Å². The molecule has 0 rings (SSSR count). The first-order valence-corrected chi connectivity index (χ1v) is 3.72. The molecule has 11 heavy (non-hydrogen) atoms. The quantitative estimate of drug-likeness (QED) is 0.468. The molecule has 0 fully saturated rings. The van der Waals surface area contributed by atoms with Crippen LogP contribution in [0.15, 0.2) is 0 Å². The van der Waals surface area contributed by atoms with Gasteiger partial charge in [-0.25, -0.2) is 0 Å². The van der Waals surface area contributed by atoms with Crippen molar-refractivity contribution in [2.24, 2.45) is 11.1 Å². The fourth-order valence-corrected chi connectivity index (χ4v) is 0.488. The van der Waals surface area contributed by atoms with E-state index in [0.29, 0.717) is 6.54 Å². The summed E-state index contributed by atoms with van der Waals surface area (Å²) in [5.41, 5.74) is 5.57. The lowest BCUT2D eigenvalue weighted by Crippen LogP contribution is -2.51. The summed E-state index contributed by atoms with van der Waals surface area (Å²) in [6.45, 7) is 8.62. The van der Waals surface area contributed by atoms with Crippen molar-refractivity contribution in [3.63, 3.8) is 0 Å². The smallest absolute Gasteiger partial charge is 0.176 e. The first-order valence-electron chi connectivity index (χ1n) is 3.72. The van der Waals surface area contributed by atoms with E-state index in [9.17, 15) is 0 Å². The predicted octanol–water partition coefficient (Wildman–Crippen LogP) is 0.821. The first kappa shape index (κ1) is 10.2. The average molecular weight is 155 g/mol. The van der Waals surface area contributed by atoms with Crippen LogP contribution in [0.3, 0.4) is 0 Å². The molecular weight excluding hydrogens is 138 g/mol. The third-order valence-electron chi connectivity index (χ3n) is 2.35. The molecule has 3 nitrogen and oxygen atoms in total. The Balaban J connectivity index is 4.13. The van der Waals surface area contributed by atoms with E-state index < -0.39 is 0 Å². The molecule has 0 saturated carbocycles. The summed E-state index contributed by atoms with van der Waals surface area (Å²) in [6, 6.07) is 0. The fraction of sp³-hybridized carbons (Fsp3) is 0.875. The highest BCUT2D eigenvalue weighted by atomic mass is 14.9. The Morgan fingerprint density at radius 3 is 2.09 bits per heavy atom. The van der Waals surface area contributed by atoms with Gasteiger partial charge in [0.15, 0.2) is 6.19 Å². The van der Waals surface area contributed by atoms with Gasteiger partial charge in [0, 0.05) is 17.5 Å². The average Bonchev–Trinajstić information content (AvgIpc) is 1.81. The van der Waals surface area contributed by atoms with E-state index in [-0.39, 0.29) is 11.0 Å². The summed E-state index contributed by atoms with van der Waals surface area (Å²) >= 11 is 0. The highest BCUT2D eigenvalue weighted by molar-refractivity contribution is 4.92. The van der Waals surface area contributed by atoms with Crippen LogP contribution in [0.25, 0.3) is 0 Å². The van der Waals surface area contributed by atoms with E-state index in [0.717, 1.165) is 0 Å². The summed E-state index contributed by atoms with van der Waals surface area (Å²) in [5.74, 6) is 0. The maximum absolute atomic E-state index is 8.29. The lowest BCUT2D eigenvalue weighted by molar-refractivity contribution is 0.203. The second-order valence-corrected chi connectivity index (χ2v) is 4.07. The normalized spacial score (nSPS) is 12.4. The molecule has 0 unspecified atom stereocenters. The van der Waals surface area contributed by atoms with Crippen LogP contribution in [-0.4, -0.2) is 12.1 Å². The summed E-state index contributed by atoms with van der Waals surface area (Å²) in [4.78, 5) is 0. The van der Waals surface area contributed by atoms with Gasteiger partial charge in [0.25, 0.3) is 0 Å². The second kappa shape index (κ2) is 3.10. The molecule has 0 aliphatic rings. The standard InChI is InChI=1S/C8H17N3/c1-7(2,5-11-6-9)8(3,4)10/h11H,5,10H2,1-4H3. The number of nitrogens with two attached hydrogens (primary N) is 1. The maximum Gasteiger partial charge on any atom is 0.176 e. The van der Waals surface area contributed by atoms with Crippen molar-refractivity contribution >= 4 is 0 Å². The molecule has 64 valence electrons. The molecule has 0 amide bonds. The van der Waals surface area contributed by atoms with Crippen LogP contribution in [0.4, 0.5) is 0 Å². The van der Waals surface area contributed by atoms with Gasteiger partial charge in [0.1, 0.15) is 0 Å². The molecule has 0 atom stereocenters. The van der Waals surface area contributed by atoms with Crippen LogP contribution < -0.4 is 11.1 Å². The number of nitrogens with one attached hydrogen (secondary N) is 1. The molecule has 3 heteroatoms. The van der Waals surface area contributed by atoms with Crippen molar-refractivity contribution in [2.75, 3.05) is 6.54 Å². The molecule has 0 aromatic carbocycles. The van der Waals surface area contributed by atoms with Crippen molar-refractivity contribution in [1.29, 1.82) is 5.26 Å². The maximum atomic E-state index is 8.29. The van der Waals surface area contributed by atoms with E-state index in [1.807, 2.05) is 33.9 Å². The van der Waals surface area contributed by atoms with Gasteiger partial charge < -0.3 is 11.1 Å². The van der Waals surface area contributed by atoms with Gasteiger partial charge in [-0.3, -0.25) is 0 Å². The van der Waals surface area contributed by atoms with Crippen molar-refractivity contribution in [2.45, 2.75) is 33.2 Å². The van der Waals surface area contributed by atoms with Gasteiger partial charge in [-0.05, 0) is 13.8 Å². The SMILES string of the molecule is CC(C)(N)C(C)(C)CNC#N. The Morgan fingerprint density at radius 2 is 1.82 bits per heavy atom. The molecule has 0 aromatic rings. The molecule has 3 N–H and O–H groups in total. The molecular formula is C8H17N3. The van der Waals surface area contributed by atoms with Crippen molar-refractivity contribution < 1.29 is 0 Å². The molecule has 0 saturated heterocycles. The van der Waals surface area contributed by atoms with E-state index in [4.69, 9.17) is 11.0 Å². The van der Waals surface area contributed by atoms with E-state index >= 15 is 0 Å². The summed E-state index contributed by atoms with van der Waals surface area (Å²) in [7, 11) is 0. The number of nitrogens with zero attached hydrogens (tertiary/aromatic N) is 1. The number of nitriles is 1. The topological polar surface area (TPSA) is 61.8 Å². The van der Waals surface area contributed by atoms with Gasteiger partial charge >= 0.3 is 0 Å². The van der Waals surface area contributed by atoms with Gasteiger partial charge in [0.2, 0.25) is 0 Å². The second-order valence-electron chi connectivity index (χ2n) is 4.07. The number of hydrogen-bond donors (Lipinski definition) is 2. The first-order chi connectivity index (χ1) is 4.81. The summed E-state index contributed by atoms with van der Waals surface area (Å²) in [6.07, 6.45) is 1.89. The molecule has 0 aliphatic carbocycles. The molecule has 0 bridgehead atoms. The lowest BCUT2D eigenvalue weighted by atomic mass is 9.75. The number of hydrogen-bond acceptors (Lipinski definition) is 3. The summed E-state index contributed by atoms with van der Waals surface area (Å²) < 4.78 is 0. The Hall–Kier alpha value is -0.750. The van der Waals surface area contributed by atoms with Crippen LogP contribution in [0.1, 0.15) is 27.7 Å². The van der Waals surface area contributed by atoms with Crippen LogP contribution in [0.2, 0.25) is 0 Å². The largest absolute Gasteiger partial charge is 0.325 e. The molecule has 0 radical (unpaired) electrons. The van der Waals surface area contributed by atoms with Crippen molar-refractivity contribution in [3.8, 4) is 6.19 Å². The van der Waals surface area contributed by atoms with Gasteiger partial charge in [-0.1, -0.05) is 13.8 Å². The number of rotatable bonds is 3. The van der Waals surface area contributed by atoms with E-state index in [1.54, 1.807) is 0 Å². The highest BCUT2D eigenvalue weighted by Gasteiger charge is 2.32. The minimum absolute atomic E-state index is 0.0667. The molecule has 0 aliphatic heterocycles. The Bertz CT molecular complexity index is 159. The van der Waals surface area contributed by atoms with Gasteiger partial charge in [-0.15, -0.1) is 0 Å². The van der Waals surface area contributed by atoms with Crippen LogP contribution >= 0.6 is 0 Å². The van der Waals surface area contributed by atoms with Crippen molar-refractivity contribution in [3.05, 3.63) is 0 Å². The lowest BCUT2D eigenvalue weighted by Gasteiger charge is -2.37. The third-order valence-corrected chi connectivity index (χ3v) is 2.35. The zero-order chi connectivity index (χ0) is 9.12. The predicted molar refractivity (Wildman–Crippen MR) is 45.7 cm³/mol. The third kappa shape index (κ3) is 2.77.